The third-order valence-corrected chi connectivity index (χ3v) is 10.3. The Morgan fingerprint density at radius 3 is 2.05 bits per heavy atom. The van der Waals surface area contributed by atoms with Crippen molar-refractivity contribution in [2.75, 3.05) is 19.0 Å². The van der Waals surface area contributed by atoms with Crippen LogP contribution in [-0.4, -0.2) is 59.3 Å². The van der Waals surface area contributed by atoms with Crippen LogP contribution in [0.4, 0.5) is 5.69 Å². The van der Waals surface area contributed by atoms with Crippen LogP contribution in [0, 0.1) is 60.2 Å². The minimum atomic E-state index is -0.617. The molecule has 6 aliphatic rings. The van der Waals surface area contributed by atoms with E-state index in [0.29, 0.717) is 18.5 Å². The van der Waals surface area contributed by atoms with E-state index >= 15 is 0 Å². The molecular formula is C29H29N3O6. The van der Waals surface area contributed by atoms with Crippen LogP contribution in [0.2, 0.25) is 0 Å². The largest absolute Gasteiger partial charge is 0.285 e. The van der Waals surface area contributed by atoms with Gasteiger partial charge in [-0.1, -0.05) is 29.3 Å². The zero-order valence-electron chi connectivity index (χ0n) is 21.5. The van der Waals surface area contributed by atoms with Crippen molar-refractivity contribution < 1.29 is 28.8 Å². The maximum Gasteiger partial charge on any atom is 0.238 e. The van der Waals surface area contributed by atoms with Crippen LogP contribution in [0.3, 0.4) is 0 Å². The summed E-state index contributed by atoms with van der Waals surface area (Å²) in [6.45, 7) is 1.94. The molecule has 3 aliphatic carbocycles. The van der Waals surface area contributed by atoms with Gasteiger partial charge in [0.1, 0.15) is 0 Å². The number of carbonyl (C=O) groups excluding carboxylic acids is 6. The molecule has 6 amide bonds. The number of likely N-dealkylation sites (tertiary alicyclic amines) is 2. The summed E-state index contributed by atoms with van der Waals surface area (Å²) in [5, 5.41) is 0. The predicted octanol–water partition coefficient (Wildman–Crippen LogP) is 1.55. The molecule has 7 rings (SSSR count). The van der Waals surface area contributed by atoms with Crippen molar-refractivity contribution >= 4 is 41.1 Å². The maximum atomic E-state index is 13.7. The van der Waals surface area contributed by atoms with Crippen molar-refractivity contribution in [3.63, 3.8) is 0 Å². The minimum Gasteiger partial charge on any atom is -0.285 e. The third kappa shape index (κ3) is 2.82. The number of amides is 6. The lowest BCUT2D eigenvalue weighted by atomic mass is 9.59. The fourth-order valence-electron chi connectivity index (χ4n) is 8.64. The second kappa shape index (κ2) is 7.71. The van der Waals surface area contributed by atoms with Gasteiger partial charge in [-0.05, 0) is 55.6 Å². The number of nitrogens with zero attached hydrogens (tertiary/aromatic N) is 3. The first-order valence-corrected chi connectivity index (χ1v) is 13.4. The third-order valence-electron chi connectivity index (χ3n) is 10.3. The zero-order valence-corrected chi connectivity index (χ0v) is 21.5. The van der Waals surface area contributed by atoms with Crippen LogP contribution >= 0.6 is 0 Å². The average Bonchev–Trinajstić information content (AvgIpc) is 3.64. The highest BCUT2D eigenvalue weighted by molar-refractivity contribution is 6.23. The first kappa shape index (κ1) is 23.5. The summed E-state index contributed by atoms with van der Waals surface area (Å²) in [5.74, 6) is -5.11. The molecule has 1 aromatic rings. The molecule has 196 valence electrons. The van der Waals surface area contributed by atoms with Gasteiger partial charge in [-0.3, -0.25) is 43.5 Å². The molecule has 2 bridgehead atoms. The number of aryl methyl sites for hydroxylation is 1. The summed E-state index contributed by atoms with van der Waals surface area (Å²) in [6.07, 6.45) is 3.10. The highest BCUT2D eigenvalue weighted by atomic mass is 16.2. The standard InChI is InChI=1S/C29H29N3O6/c1-12-4-6-15(7-5-12)32-28(37)22-17-11-18(23(22)29(32)38)21-16(17)9-13(8-14-10-19(33)30(2)25(14)34)20-24(21)27(36)31(3)26(20)35/h4-7,9,13-14,17-18,20-24H,8,10-11H2,1-3H3. The van der Waals surface area contributed by atoms with Crippen LogP contribution in [0.5, 0.6) is 0 Å². The number of rotatable bonds is 3. The van der Waals surface area contributed by atoms with Gasteiger partial charge in [0, 0.05) is 26.4 Å². The Hall–Kier alpha value is -3.62. The fourth-order valence-corrected chi connectivity index (χ4v) is 8.64. The number of imide groups is 3. The molecule has 0 spiro atoms. The van der Waals surface area contributed by atoms with E-state index in [9.17, 15) is 28.8 Å². The molecule has 9 unspecified atom stereocenters. The number of allylic oxidation sites excluding steroid dienone is 2. The Balaban J connectivity index is 1.27. The molecule has 0 N–H and O–H groups in total. The van der Waals surface area contributed by atoms with Gasteiger partial charge in [0.15, 0.2) is 0 Å². The molecule has 5 fully saturated rings. The van der Waals surface area contributed by atoms with Crippen LogP contribution < -0.4 is 4.90 Å². The smallest absolute Gasteiger partial charge is 0.238 e. The van der Waals surface area contributed by atoms with Crippen LogP contribution in [0.1, 0.15) is 24.8 Å². The number of hydrogen-bond acceptors (Lipinski definition) is 6. The Morgan fingerprint density at radius 2 is 1.39 bits per heavy atom. The Kier molecular flexibility index (Phi) is 4.77. The van der Waals surface area contributed by atoms with Crippen molar-refractivity contribution in [1.29, 1.82) is 0 Å². The van der Waals surface area contributed by atoms with Crippen LogP contribution in [0.25, 0.3) is 0 Å². The van der Waals surface area contributed by atoms with E-state index in [4.69, 9.17) is 0 Å². The van der Waals surface area contributed by atoms with Crippen LogP contribution in [-0.2, 0) is 28.8 Å². The highest BCUT2D eigenvalue weighted by Crippen LogP contribution is 2.67. The lowest BCUT2D eigenvalue weighted by Crippen LogP contribution is -2.44. The highest BCUT2D eigenvalue weighted by Gasteiger charge is 2.70. The first-order valence-electron chi connectivity index (χ1n) is 13.4. The van der Waals surface area contributed by atoms with E-state index in [1.807, 2.05) is 25.1 Å². The number of benzene rings is 1. The zero-order chi connectivity index (χ0) is 26.8. The van der Waals surface area contributed by atoms with E-state index in [-0.39, 0.29) is 65.5 Å². The summed E-state index contributed by atoms with van der Waals surface area (Å²) in [6, 6.07) is 7.33. The normalized spacial score (nSPS) is 39.4. The second-order valence-corrected chi connectivity index (χ2v) is 12.0. The van der Waals surface area contributed by atoms with Crippen molar-refractivity contribution in [1.82, 2.24) is 9.80 Å². The van der Waals surface area contributed by atoms with E-state index in [1.54, 1.807) is 12.1 Å². The SMILES string of the molecule is Cc1ccc(N2C(=O)C3C4CC(C3C2=O)C2C4=CC(CC3CC(=O)N(C)C3=O)C3C(=O)N(C)C(=O)C32)cc1. The quantitative estimate of drug-likeness (QED) is 0.446. The molecule has 0 aromatic heterocycles. The van der Waals surface area contributed by atoms with Gasteiger partial charge in [0.2, 0.25) is 35.4 Å². The Labute approximate surface area is 219 Å². The number of carbonyl (C=O) groups is 6. The van der Waals surface area contributed by atoms with Crippen molar-refractivity contribution in [2.24, 2.45) is 53.3 Å². The van der Waals surface area contributed by atoms with Gasteiger partial charge in [-0.25, -0.2) is 0 Å². The van der Waals surface area contributed by atoms with Gasteiger partial charge in [0.25, 0.3) is 0 Å². The molecule has 0 radical (unpaired) electrons. The molecular weight excluding hydrogens is 486 g/mol. The van der Waals surface area contributed by atoms with Gasteiger partial charge in [-0.2, -0.15) is 0 Å². The Morgan fingerprint density at radius 1 is 0.737 bits per heavy atom. The summed E-state index contributed by atoms with van der Waals surface area (Å²) >= 11 is 0. The minimum absolute atomic E-state index is 0.100. The monoisotopic (exact) mass is 515 g/mol. The molecule has 1 aromatic carbocycles. The number of hydrogen-bond donors (Lipinski definition) is 0. The van der Waals surface area contributed by atoms with Crippen molar-refractivity contribution in [2.45, 2.75) is 26.2 Å². The molecule has 38 heavy (non-hydrogen) atoms. The van der Waals surface area contributed by atoms with Gasteiger partial charge < -0.3 is 0 Å². The number of anilines is 1. The molecule has 9 heteroatoms. The number of fused-ring (bicyclic) bond motifs is 10. The van der Waals surface area contributed by atoms with Crippen molar-refractivity contribution in [3.8, 4) is 0 Å². The lowest BCUT2D eigenvalue weighted by Gasteiger charge is -2.41. The van der Waals surface area contributed by atoms with Gasteiger partial charge in [-0.15, -0.1) is 0 Å². The maximum absolute atomic E-state index is 13.7. The van der Waals surface area contributed by atoms with E-state index in [2.05, 4.69) is 0 Å². The van der Waals surface area contributed by atoms with E-state index < -0.39 is 29.6 Å². The second-order valence-electron chi connectivity index (χ2n) is 12.0. The summed E-state index contributed by atoms with van der Waals surface area (Å²) in [5.41, 5.74) is 2.59. The van der Waals surface area contributed by atoms with Crippen LogP contribution in [0.15, 0.2) is 35.9 Å². The lowest BCUT2D eigenvalue weighted by molar-refractivity contribution is -0.140. The summed E-state index contributed by atoms with van der Waals surface area (Å²) in [7, 11) is 2.97. The van der Waals surface area contributed by atoms with E-state index in [1.165, 1.54) is 23.9 Å². The van der Waals surface area contributed by atoms with Gasteiger partial charge >= 0.3 is 0 Å². The summed E-state index contributed by atoms with van der Waals surface area (Å²) < 4.78 is 0. The molecule has 9 nitrogen and oxygen atoms in total. The fraction of sp³-hybridized carbons (Fsp3) is 0.517. The molecule has 9 atom stereocenters. The van der Waals surface area contributed by atoms with Gasteiger partial charge in [0.05, 0.1) is 29.4 Å². The molecule has 3 saturated heterocycles. The molecule has 3 heterocycles. The first-order chi connectivity index (χ1) is 18.1. The van der Waals surface area contributed by atoms with E-state index in [0.717, 1.165) is 16.0 Å². The average molecular weight is 516 g/mol. The topological polar surface area (TPSA) is 112 Å². The predicted molar refractivity (Wildman–Crippen MR) is 133 cm³/mol. The van der Waals surface area contributed by atoms with Crippen molar-refractivity contribution in [3.05, 3.63) is 41.5 Å². The Bertz CT molecular complexity index is 1380. The molecule has 3 aliphatic heterocycles. The summed E-state index contributed by atoms with van der Waals surface area (Å²) in [4.78, 5) is 82.7. The molecule has 2 saturated carbocycles.